The van der Waals surface area contributed by atoms with Crippen molar-refractivity contribution in [2.45, 2.75) is 12.8 Å². The number of benzene rings is 1. The van der Waals surface area contributed by atoms with Crippen molar-refractivity contribution >= 4 is 23.5 Å². The molecule has 0 atom stereocenters. The van der Waals surface area contributed by atoms with E-state index in [0.29, 0.717) is 36.5 Å². The van der Waals surface area contributed by atoms with E-state index in [9.17, 15) is 9.59 Å². The van der Waals surface area contributed by atoms with Gasteiger partial charge in [0.05, 0.1) is 22.2 Å². The molecule has 1 aromatic heterocycles. The SMILES string of the molecule is O=C(O)C1CCN(C(=O)c2cc(-c3ccccn3)ccc2Cl)CC1. The first kappa shape index (κ1) is 16.5. The first-order valence-electron chi connectivity index (χ1n) is 7.79. The second kappa shape index (κ2) is 7.01. The van der Waals surface area contributed by atoms with E-state index >= 15 is 0 Å². The van der Waals surface area contributed by atoms with Crippen LogP contribution in [0.1, 0.15) is 23.2 Å². The number of nitrogens with zero attached hydrogens (tertiary/aromatic N) is 2. The molecule has 0 spiro atoms. The summed E-state index contributed by atoms with van der Waals surface area (Å²) in [5.74, 6) is -1.33. The summed E-state index contributed by atoms with van der Waals surface area (Å²) in [5, 5.41) is 9.44. The molecule has 0 saturated carbocycles. The van der Waals surface area contributed by atoms with Crippen molar-refractivity contribution in [1.82, 2.24) is 9.88 Å². The molecule has 1 aromatic carbocycles. The molecule has 124 valence electrons. The van der Waals surface area contributed by atoms with Crippen LogP contribution in [-0.4, -0.2) is 40.0 Å². The minimum absolute atomic E-state index is 0.165. The van der Waals surface area contributed by atoms with E-state index in [4.69, 9.17) is 16.7 Å². The van der Waals surface area contributed by atoms with Crippen LogP contribution in [-0.2, 0) is 4.79 Å². The number of carboxylic acids is 1. The number of carboxylic acid groups (broad SMARTS) is 1. The van der Waals surface area contributed by atoms with E-state index in [0.717, 1.165) is 11.3 Å². The monoisotopic (exact) mass is 344 g/mol. The van der Waals surface area contributed by atoms with Crippen LogP contribution in [0.15, 0.2) is 42.6 Å². The smallest absolute Gasteiger partial charge is 0.306 e. The fourth-order valence-corrected chi connectivity index (χ4v) is 3.08. The molecule has 1 N–H and O–H groups in total. The summed E-state index contributed by atoms with van der Waals surface area (Å²) in [4.78, 5) is 29.7. The number of carbonyl (C=O) groups is 2. The summed E-state index contributed by atoms with van der Waals surface area (Å²) < 4.78 is 0. The molecule has 24 heavy (non-hydrogen) atoms. The number of aromatic nitrogens is 1. The zero-order chi connectivity index (χ0) is 17.1. The fourth-order valence-electron chi connectivity index (χ4n) is 2.88. The van der Waals surface area contributed by atoms with Crippen LogP contribution in [0.5, 0.6) is 0 Å². The highest BCUT2D eigenvalue weighted by molar-refractivity contribution is 6.34. The van der Waals surface area contributed by atoms with E-state index in [-0.39, 0.29) is 11.8 Å². The summed E-state index contributed by atoms with van der Waals surface area (Å²) in [6, 6.07) is 10.9. The molecule has 0 bridgehead atoms. The van der Waals surface area contributed by atoms with Crippen LogP contribution in [0.25, 0.3) is 11.3 Å². The molecule has 1 fully saturated rings. The van der Waals surface area contributed by atoms with Gasteiger partial charge >= 0.3 is 5.97 Å². The molecule has 2 aromatic rings. The van der Waals surface area contributed by atoms with E-state index in [1.54, 1.807) is 23.2 Å². The molecular weight excluding hydrogens is 328 g/mol. The third kappa shape index (κ3) is 3.41. The van der Waals surface area contributed by atoms with Gasteiger partial charge in [-0.2, -0.15) is 0 Å². The molecule has 0 unspecified atom stereocenters. The van der Waals surface area contributed by atoms with Crippen molar-refractivity contribution < 1.29 is 14.7 Å². The number of likely N-dealkylation sites (tertiary alicyclic amines) is 1. The largest absolute Gasteiger partial charge is 0.481 e. The molecule has 1 aliphatic heterocycles. The number of pyridine rings is 1. The highest BCUT2D eigenvalue weighted by Crippen LogP contribution is 2.27. The minimum atomic E-state index is -0.794. The molecule has 1 saturated heterocycles. The van der Waals surface area contributed by atoms with E-state index in [2.05, 4.69) is 4.98 Å². The number of aliphatic carboxylic acids is 1. The van der Waals surface area contributed by atoms with Gasteiger partial charge in [-0.05, 0) is 37.1 Å². The Morgan fingerprint density at radius 1 is 1.17 bits per heavy atom. The van der Waals surface area contributed by atoms with E-state index in [1.807, 2.05) is 24.3 Å². The predicted molar refractivity (Wildman–Crippen MR) is 90.9 cm³/mol. The first-order chi connectivity index (χ1) is 11.6. The number of hydrogen-bond donors (Lipinski definition) is 1. The maximum absolute atomic E-state index is 12.8. The normalized spacial score (nSPS) is 15.3. The van der Waals surface area contributed by atoms with Crippen molar-refractivity contribution in [3.63, 3.8) is 0 Å². The maximum atomic E-state index is 12.8. The third-order valence-corrected chi connectivity index (χ3v) is 4.62. The Balaban J connectivity index is 1.81. The Morgan fingerprint density at radius 3 is 2.54 bits per heavy atom. The molecule has 6 heteroatoms. The Kier molecular flexibility index (Phi) is 4.81. The molecule has 5 nitrogen and oxygen atoms in total. The number of amides is 1. The molecule has 0 aliphatic carbocycles. The number of halogens is 1. The molecule has 3 rings (SSSR count). The van der Waals surface area contributed by atoms with Crippen LogP contribution in [0.4, 0.5) is 0 Å². The van der Waals surface area contributed by atoms with Gasteiger partial charge in [0.25, 0.3) is 5.91 Å². The lowest BCUT2D eigenvalue weighted by Crippen LogP contribution is -2.40. The first-order valence-corrected chi connectivity index (χ1v) is 8.17. The lowest BCUT2D eigenvalue weighted by Gasteiger charge is -2.30. The highest BCUT2D eigenvalue weighted by Gasteiger charge is 2.28. The zero-order valence-corrected chi connectivity index (χ0v) is 13.7. The van der Waals surface area contributed by atoms with Gasteiger partial charge in [-0.25, -0.2) is 0 Å². The van der Waals surface area contributed by atoms with Gasteiger partial charge < -0.3 is 10.0 Å². The van der Waals surface area contributed by atoms with Crippen LogP contribution in [0, 0.1) is 5.92 Å². The number of rotatable bonds is 3. The van der Waals surface area contributed by atoms with Crippen molar-refractivity contribution in [3.05, 3.63) is 53.2 Å². The summed E-state index contributed by atoms with van der Waals surface area (Å²) in [6.07, 6.45) is 2.64. The number of piperidine rings is 1. The second-order valence-electron chi connectivity index (χ2n) is 5.81. The fraction of sp³-hybridized carbons (Fsp3) is 0.278. The lowest BCUT2D eigenvalue weighted by atomic mass is 9.96. The van der Waals surface area contributed by atoms with Gasteiger partial charge in [-0.3, -0.25) is 14.6 Å². The molecule has 1 aliphatic rings. The van der Waals surface area contributed by atoms with Crippen LogP contribution in [0.3, 0.4) is 0 Å². The molecule has 0 radical (unpaired) electrons. The molecule has 1 amide bonds. The summed E-state index contributed by atoms with van der Waals surface area (Å²) in [6.45, 7) is 0.861. The third-order valence-electron chi connectivity index (χ3n) is 4.29. The average Bonchev–Trinajstić information content (AvgIpc) is 2.62. The van der Waals surface area contributed by atoms with Gasteiger partial charge in [0.2, 0.25) is 0 Å². The molecular formula is C18H17ClN2O3. The van der Waals surface area contributed by atoms with Crippen molar-refractivity contribution in [1.29, 1.82) is 0 Å². The van der Waals surface area contributed by atoms with Gasteiger partial charge in [0, 0.05) is 24.8 Å². The van der Waals surface area contributed by atoms with Crippen molar-refractivity contribution in [2.75, 3.05) is 13.1 Å². The van der Waals surface area contributed by atoms with Gasteiger partial charge in [0.1, 0.15) is 0 Å². The average molecular weight is 345 g/mol. The quantitative estimate of drug-likeness (QED) is 0.927. The maximum Gasteiger partial charge on any atom is 0.306 e. The summed E-state index contributed by atoms with van der Waals surface area (Å²) >= 11 is 6.21. The molecule has 2 heterocycles. The number of hydrogen-bond acceptors (Lipinski definition) is 3. The predicted octanol–water partition coefficient (Wildman–Crippen LogP) is 3.34. The van der Waals surface area contributed by atoms with Gasteiger partial charge in [-0.1, -0.05) is 23.7 Å². The van der Waals surface area contributed by atoms with Crippen LogP contribution < -0.4 is 0 Å². The van der Waals surface area contributed by atoms with Gasteiger partial charge in [-0.15, -0.1) is 0 Å². The van der Waals surface area contributed by atoms with Crippen molar-refractivity contribution in [3.8, 4) is 11.3 Å². The zero-order valence-electron chi connectivity index (χ0n) is 13.0. The Labute approximate surface area is 144 Å². The standard InChI is InChI=1S/C18H17ClN2O3/c19-15-5-4-13(16-3-1-2-8-20-16)11-14(15)17(22)21-9-6-12(7-10-21)18(23)24/h1-5,8,11-12H,6-7,9-10H2,(H,23,24). The minimum Gasteiger partial charge on any atom is -0.481 e. The Morgan fingerprint density at radius 2 is 1.92 bits per heavy atom. The lowest BCUT2D eigenvalue weighted by molar-refractivity contribution is -0.143. The number of carbonyl (C=O) groups excluding carboxylic acids is 1. The van der Waals surface area contributed by atoms with Crippen molar-refractivity contribution in [2.24, 2.45) is 5.92 Å². The highest BCUT2D eigenvalue weighted by atomic mass is 35.5. The van der Waals surface area contributed by atoms with E-state index in [1.165, 1.54) is 0 Å². The van der Waals surface area contributed by atoms with Gasteiger partial charge in [0.15, 0.2) is 0 Å². The topological polar surface area (TPSA) is 70.5 Å². The van der Waals surface area contributed by atoms with E-state index < -0.39 is 5.97 Å². The van der Waals surface area contributed by atoms with Crippen LogP contribution >= 0.6 is 11.6 Å². The van der Waals surface area contributed by atoms with Crippen LogP contribution in [0.2, 0.25) is 5.02 Å². The summed E-state index contributed by atoms with van der Waals surface area (Å²) in [5.41, 5.74) is 2.02. The summed E-state index contributed by atoms with van der Waals surface area (Å²) in [7, 11) is 0. The Hall–Kier alpha value is -2.40. The Bertz CT molecular complexity index is 756. The second-order valence-corrected chi connectivity index (χ2v) is 6.22.